The molecule has 0 radical (unpaired) electrons. The van der Waals surface area contributed by atoms with Gasteiger partial charge >= 0.3 is 0 Å². The Bertz CT molecular complexity index is 231. The van der Waals surface area contributed by atoms with Crippen LogP contribution in [0.15, 0.2) is 18.7 Å². The first-order valence-corrected chi connectivity index (χ1v) is 6.06. The van der Waals surface area contributed by atoms with Crippen LogP contribution in [0, 0.1) is 0 Å². The highest BCUT2D eigenvalue weighted by Gasteiger charge is 2.02. The standard InChI is InChI=1S/C12H23N3/c1-3-6-12(4-2)14-7-5-9-15-10-8-13-11-15/h8,10-12,14H,3-7,9H2,1-2H3. The first-order valence-electron chi connectivity index (χ1n) is 6.06. The Morgan fingerprint density at radius 2 is 2.27 bits per heavy atom. The van der Waals surface area contributed by atoms with Crippen molar-refractivity contribution in [1.29, 1.82) is 0 Å². The second kappa shape index (κ2) is 7.46. The van der Waals surface area contributed by atoms with Gasteiger partial charge < -0.3 is 9.88 Å². The number of imidazole rings is 1. The van der Waals surface area contributed by atoms with Crippen LogP contribution in [0.3, 0.4) is 0 Å². The zero-order valence-electron chi connectivity index (χ0n) is 9.95. The van der Waals surface area contributed by atoms with Gasteiger partial charge in [0, 0.05) is 25.0 Å². The van der Waals surface area contributed by atoms with E-state index >= 15 is 0 Å². The van der Waals surface area contributed by atoms with Gasteiger partial charge in [-0.3, -0.25) is 0 Å². The minimum Gasteiger partial charge on any atom is -0.337 e. The minimum atomic E-state index is 0.706. The normalized spacial score (nSPS) is 12.9. The van der Waals surface area contributed by atoms with Gasteiger partial charge in [-0.05, 0) is 25.8 Å². The fourth-order valence-electron chi connectivity index (χ4n) is 1.79. The van der Waals surface area contributed by atoms with Gasteiger partial charge in [0.15, 0.2) is 0 Å². The number of hydrogen-bond acceptors (Lipinski definition) is 2. The molecule has 3 heteroatoms. The molecule has 1 aromatic heterocycles. The predicted molar refractivity (Wildman–Crippen MR) is 63.8 cm³/mol. The predicted octanol–water partition coefficient (Wildman–Crippen LogP) is 2.44. The van der Waals surface area contributed by atoms with Crippen molar-refractivity contribution in [3.63, 3.8) is 0 Å². The number of aromatic nitrogens is 2. The van der Waals surface area contributed by atoms with E-state index in [-0.39, 0.29) is 0 Å². The molecule has 1 aromatic rings. The molecule has 0 aromatic carbocycles. The number of rotatable bonds is 8. The van der Waals surface area contributed by atoms with E-state index < -0.39 is 0 Å². The molecule has 0 amide bonds. The highest BCUT2D eigenvalue weighted by molar-refractivity contribution is 4.74. The van der Waals surface area contributed by atoms with Crippen LogP contribution in [0.4, 0.5) is 0 Å². The summed E-state index contributed by atoms with van der Waals surface area (Å²) in [7, 11) is 0. The summed E-state index contributed by atoms with van der Waals surface area (Å²) in [6.45, 7) is 6.67. The maximum absolute atomic E-state index is 4.02. The molecule has 0 saturated heterocycles. The van der Waals surface area contributed by atoms with E-state index in [1.54, 1.807) is 0 Å². The second-order valence-corrected chi connectivity index (χ2v) is 4.00. The molecular weight excluding hydrogens is 186 g/mol. The molecule has 0 aliphatic rings. The zero-order chi connectivity index (χ0) is 10.9. The van der Waals surface area contributed by atoms with Crippen LogP contribution in [0.25, 0.3) is 0 Å². The first-order chi connectivity index (χ1) is 7.36. The summed E-state index contributed by atoms with van der Waals surface area (Å²) in [5, 5.41) is 3.60. The van der Waals surface area contributed by atoms with Crippen molar-refractivity contribution in [3.05, 3.63) is 18.7 Å². The average molecular weight is 209 g/mol. The van der Waals surface area contributed by atoms with E-state index in [4.69, 9.17) is 0 Å². The fourth-order valence-corrected chi connectivity index (χ4v) is 1.79. The summed E-state index contributed by atoms with van der Waals surface area (Å²) in [5.41, 5.74) is 0. The molecule has 0 bridgehead atoms. The maximum Gasteiger partial charge on any atom is 0.0945 e. The van der Waals surface area contributed by atoms with Gasteiger partial charge in [0.05, 0.1) is 6.33 Å². The quantitative estimate of drug-likeness (QED) is 0.666. The Hall–Kier alpha value is -0.830. The Morgan fingerprint density at radius 3 is 2.87 bits per heavy atom. The number of hydrogen-bond donors (Lipinski definition) is 1. The summed E-state index contributed by atoms with van der Waals surface area (Å²) >= 11 is 0. The van der Waals surface area contributed by atoms with Crippen molar-refractivity contribution in [2.45, 2.75) is 52.1 Å². The second-order valence-electron chi connectivity index (χ2n) is 4.00. The maximum atomic E-state index is 4.02. The van der Waals surface area contributed by atoms with Gasteiger partial charge in [-0.15, -0.1) is 0 Å². The fraction of sp³-hybridized carbons (Fsp3) is 0.750. The van der Waals surface area contributed by atoms with Gasteiger partial charge in [-0.1, -0.05) is 20.3 Å². The van der Waals surface area contributed by atoms with E-state index in [2.05, 4.69) is 28.7 Å². The molecule has 0 aliphatic carbocycles. The van der Waals surface area contributed by atoms with E-state index in [0.29, 0.717) is 6.04 Å². The molecule has 3 nitrogen and oxygen atoms in total. The van der Waals surface area contributed by atoms with Crippen molar-refractivity contribution in [2.24, 2.45) is 0 Å². The molecule has 0 fully saturated rings. The molecule has 0 spiro atoms. The first kappa shape index (κ1) is 12.2. The summed E-state index contributed by atoms with van der Waals surface area (Å²) in [5.74, 6) is 0. The summed E-state index contributed by atoms with van der Waals surface area (Å²) in [6.07, 6.45) is 10.7. The SMILES string of the molecule is CCCC(CC)NCCCn1ccnc1. The van der Waals surface area contributed by atoms with Gasteiger partial charge in [-0.25, -0.2) is 4.98 Å². The molecule has 1 unspecified atom stereocenters. The minimum absolute atomic E-state index is 0.706. The van der Waals surface area contributed by atoms with Gasteiger partial charge in [-0.2, -0.15) is 0 Å². The van der Waals surface area contributed by atoms with Gasteiger partial charge in [0.2, 0.25) is 0 Å². The third-order valence-corrected chi connectivity index (χ3v) is 2.72. The van der Waals surface area contributed by atoms with Crippen LogP contribution in [0.2, 0.25) is 0 Å². The van der Waals surface area contributed by atoms with Crippen molar-refractivity contribution in [3.8, 4) is 0 Å². The largest absolute Gasteiger partial charge is 0.337 e. The Balaban J connectivity index is 2.05. The van der Waals surface area contributed by atoms with Crippen molar-refractivity contribution >= 4 is 0 Å². The topological polar surface area (TPSA) is 29.9 Å². The number of nitrogens with one attached hydrogen (secondary N) is 1. The van der Waals surface area contributed by atoms with E-state index in [1.807, 2.05) is 18.7 Å². The molecule has 15 heavy (non-hydrogen) atoms. The zero-order valence-corrected chi connectivity index (χ0v) is 9.95. The van der Waals surface area contributed by atoms with Crippen LogP contribution < -0.4 is 5.32 Å². The van der Waals surface area contributed by atoms with Crippen molar-refractivity contribution in [2.75, 3.05) is 6.54 Å². The van der Waals surface area contributed by atoms with Gasteiger partial charge in [0.1, 0.15) is 0 Å². The molecule has 1 rings (SSSR count). The lowest BCUT2D eigenvalue weighted by atomic mass is 10.1. The van der Waals surface area contributed by atoms with E-state index in [1.165, 1.54) is 25.7 Å². The molecule has 1 atom stereocenters. The highest BCUT2D eigenvalue weighted by Crippen LogP contribution is 2.00. The van der Waals surface area contributed by atoms with Crippen LogP contribution in [0.1, 0.15) is 39.5 Å². The Labute approximate surface area is 92.9 Å². The summed E-state index contributed by atoms with van der Waals surface area (Å²) in [6, 6.07) is 0.706. The third-order valence-electron chi connectivity index (χ3n) is 2.72. The lowest BCUT2D eigenvalue weighted by Gasteiger charge is -2.15. The lowest BCUT2D eigenvalue weighted by Crippen LogP contribution is -2.29. The smallest absolute Gasteiger partial charge is 0.0945 e. The van der Waals surface area contributed by atoms with Crippen LogP contribution >= 0.6 is 0 Å². The highest BCUT2D eigenvalue weighted by atomic mass is 15.0. The number of aryl methyl sites for hydroxylation is 1. The van der Waals surface area contributed by atoms with E-state index in [0.717, 1.165) is 13.1 Å². The van der Waals surface area contributed by atoms with Crippen molar-refractivity contribution < 1.29 is 0 Å². The van der Waals surface area contributed by atoms with Crippen molar-refractivity contribution in [1.82, 2.24) is 14.9 Å². The van der Waals surface area contributed by atoms with Crippen LogP contribution in [0.5, 0.6) is 0 Å². The Morgan fingerprint density at radius 1 is 1.40 bits per heavy atom. The average Bonchev–Trinajstić information content (AvgIpc) is 2.75. The molecule has 1 heterocycles. The van der Waals surface area contributed by atoms with Crippen LogP contribution in [-0.2, 0) is 6.54 Å². The molecule has 86 valence electrons. The Kier molecular flexibility index (Phi) is 6.09. The molecular formula is C12H23N3. The van der Waals surface area contributed by atoms with E-state index in [9.17, 15) is 0 Å². The van der Waals surface area contributed by atoms with Gasteiger partial charge in [0.25, 0.3) is 0 Å². The third kappa shape index (κ3) is 4.98. The number of nitrogens with zero attached hydrogens (tertiary/aromatic N) is 2. The van der Waals surface area contributed by atoms with Crippen LogP contribution in [-0.4, -0.2) is 22.1 Å². The monoisotopic (exact) mass is 209 g/mol. The lowest BCUT2D eigenvalue weighted by molar-refractivity contribution is 0.448. The molecule has 1 N–H and O–H groups in total. The summed E-state index contributed by atoms with van der Waals surface area (Å²) in [4.78, 5) is 4.02. The molecule has 0 saturated carbocycles. The molecule has 0 aliphatic heterocycles. The summed E-state index contributed by atoms with van der Waals surface area (Å²) < 4.78 is 2.13.